The van der Waals surface area contributed by atoms with Crippen LogP contribution in [0.15, 0.2) is 29.4 Å². The Morgan fingerprint density at radius 3 is 2.74 bits per heavy atom. The summed E-state index contributed by atoms with van der Waals surface area (Å²) in [4.78, 5) is 10.1. The Morgan fingerprint density at radius 2 is 2.04 bits per heavy atom. The number of nitrogens with one attached hydrogen (secondary N) is 3. The number of aryl methyl sites for hydroxylation is 1. The van der Waals surface area contributed by atoms with Gasteiger partial charge in [0.1, 0.15) is 0 Å². The van der Waals surface area contributed by atoms with Gasteiger partial charge in [-0.15, -0.1) is 0 Å². The quantitative estimate of drug-likeness (QED) is 0.539. The van der Waals surface area contributed by atoms with Crippen LogP contribution in [-0.4, -0.2) is 68.8 Å². The molecule has 0 radical (unpaired) electrons. The van der Waals surface area contributed by atoms with Gasteiger partial charge in [-0.3, -0.25) is 4.99 Å². The summed E-state index contributed by atoms with van der Waals surface area (Å²) in [6.07, 6.45) is 5.16. The second-order valence-corrected chi connectivity index (χ2v) is 7.65. The molecule has 2 heterocycles. The predicted octanol–water partition coefficient (Wildman–Crippen LogP) is 2.29. The maximum atomic E-state index is 5.56. The third-order valence-electron chi connectivity index (χ3n) is 5.86. The number of benzene rings is 1. The van der Waals surface area contributed by atoms with E-state index in [4.69, 9.17) is 4.74 Å². The number of aliphatic imine (C=N–C) groups is 1. The molecule has 1 aromatic heterocycles. The Kier molecular flexibility index (Phi) is 6.39. The number of guanidine groups is 1. The van der Waals surface area contributed by atoms with Crippen LogP contribution in [0.2, 0.25) is 0 Å². The molecule has 0 bridgehead atoms. The molecular weight excluding hydrogens is 338 g/mol. The van der Waals surface area contributed by atoms with E-state index in [1.54, 1.807) is 0 Å². The maximum absolute atomic E-state index is 5.56. The summed E-state index contributed by atoms with van der Waals surface area (Å²) >= 11 is 0. The molecule has 0 aliphatic carbocycles. The molecule has 0 spiro atoms. The number of fused-ring (bicyclic) bond motifs is 1. The summed E-state index contributed by atoms with van der Waals surface area (Å²) < 4.78 is 5.56. The van der Waals surface area contributed by atoms with Gasteiger partial charge in [-0.2, -0.15) is 0 Å². The van der Waals surface area contributed by atoms with Crippen molar-refractivity contribution < 1.29 is 4.74 Å². The molecule has 1 saturated heterocycles. The van der Waals surface area contributed by atoms with Gasteiger partial charge >= 0.3 is 0 Å². The van der Waals surface area contributed by atoms with Gasteiger partial charge < -0.3 is 25.3 Å². The highest BCUT2D eigenvalue weighted by atomic mass is 16.5. The average molecular weight is 372 g/mol. The zero-order valence-electron chi connectivity index (χ0n) is 17.1. The molecule has 0 saturated carbocycles. The van der Waals surface area contributed by atoms with Gasteiger partial charge in [0, 0.05) is 56.0 Å². The molecule has 1 fully saturated rings. The van der Waals surface area contributed by atoms with E-state index in [0.717, 1.165) is 51.5 Å². The third-order valence-corrected chi connectivity index (χ3v) is 5.86. The van der Waals surface area contributed by atoms with E-state index < -0.39 is 0 Å². The number of ether oxygens (including phenoxy) is 1. The van der Waals surface area contributed by atoms with E-state index in [2.05, 4.69) is 70.9 Å². The van der Waals surface area contributed by atoms with Gasteiger partial charge in [-0.25, -0.2) is 0 Å². The monoisotopic (exact) mass is 371 g/mol. The van der Waals surface area contributed by atoms with Crippen LogP contribution in [0.3, 0.4) is 0 Å². The van der Waals surface area contributed by atoms with Gasteiger partial charge in [0.05, 0.1) is 0 Å². The second kappa shape index (κ2) is 8.76. The summed E-state index contributed by atoms with van der Waals surface area (Å²) in [5.74, 6) is 0.860. The van der Waals surface area contributed by atoms with Gasteiger partial charge in [0.25, 0.3) is 0 Å². The van der Waals surface area contributed by atoms with Crippen molar-refractivity contribution in [3.63, 3.8) is 0 Å². The van der Waals surface area contributed by atoms with Crippen molar-refractivity contribution in [3.8, 4) is 0 Å². The van der Waals surface area contributed by atoms with Crippen LogP contribution in [0, 0.1) is 6.92 Å². The summed E-state index contributed by atoms with van der Waals surface area (Å²) in [5.41, 5.74) is 4.00. The van der Waals surface area contributed by atoms with Crippen LogP contribution < -0.4 is 10.6 Å². The Balaban J connectivity index is 1.55. The first-order valence-corrected chi connectivity index (χ1v) is 9.81. The number of rotatable bonds is 6. The zero-order chi connectivity index (χ0) is 19.3. The molecule has 0 amide bonds. The minimum Gasteiger partial charge on any atom is -0.381 e. The number of hydrogen-bond donors (Lipinski definition) is 3. The number of aromatic nitrogens is 1. The fraction of sp³-hybridized carbons (Fsp3) is 0.571. The van der Waals surface area contributed by atoms with E-state index in [1.165, 1.54) is 22.0 Å². The molecule has 148 valence electrons. The first kappa shape index (κ1) is 19.7. The molecule has 3 N–H and O–H groups in total. The van der Waals surface area contributed by atoms with Crippen LogP contribution >= 0.6 is 0 Å². The van der Waals surface area contributed by atoms with Crippen LogP contribution in [0.25, 0.3) is 10.9 Å². The highest BCUT2D eigenvalue weighted by Gasteiger charge is 2.34. The smallest absolute Gasteiger partial charge is 0.191 e. The van der Waals surface area contributed by atoms with Gasteiger partial charge in [0.2, 0.25) is 0 Å². The van der Waals surface area contributed by atoms with Gasteiger partial charge in [-0.05, 0) is 57.5 Å². The first-order chi connectivity index (χ1) is 13.1. The summed E-state index contributed by atoms with van der Waals surface area (Å²) in [6.45, 7) is 5.54. The molecule has 2 aromatic rings. The van der Waals surface area contributed by atoms with Crippen molar-refractivity contribution in [2.24, 2.45) is 4.99 Å². The summed E-state index contributed by atoms with van der Waals surface area (Å²) in [7, 11) is 6.14. The van der Waals surface area contributed by atoms with E-state index in [0.29, 0.717) is 0 Å². The number of nitrogens with zero attached hydrogens (tertiary/aromatic N) is 2. The molecule has 6 heteroatoms. The fourth-order valence-electron chi connectivity index (χ4n) is 3.97. The molecule has 1 aliphatic heterocycles. The Morgan fingerprint density at radius 1 is 1.26 bits per heavy atom. The van der Waals surface area contributed by atoms with Gasteiger partial charge in [-0.1, -0.05) is 12.1 Å². The van der Waals surface area contributed by atoms with Crippen molar-refractivity contribution in [1.29, 1.82) is 0 Å². The SMILES string of the molecule is CN=C(NCCc1c[nH]c2cccc(C)c12)NCC1(N(C)C)CCOCC1. The van der Waals surface area contributed by atoms with Crippen LogP contribution in [0.1, 0.15) is 24.0 Å². The number of H-pyrrole nitrogens is 1. The number of likely N-dealkylation sites (N-methyl/N-ethyl adjacent to an activating group) is 1. The molecule has 27 heavy (non-hydrogen) atoms. The lowest BCUT2D eigenvalue weighted by Gasteiger charge is -2.43. The Bertz CT molecular complexity index is 774. The molecular formula is C21H33N5O. The van der Waals surface area contributed by atoms with E-state index in [9.17, 15) is 0 Å². The standard InChI is InChI=1S/C21H33N5O/c1-16-6-5-7-18-19(16)17(14-24-18)8-11-23-20(22-2)25-15-21(26(3)4)9-12-27-13-10-21/h5-7,14,24H,8-13,15H2,1-4H3,(H2,22,23,25). The second-order valence-electron chi connectivity index (χ2n) is 7.65. The zero-order valence-corrected chi connectivity index (χ0v) is 17.1. The molecule has 6 nitrogen and oxygen atoms in total. The van der Waals surface area contributed by atoms with Crippen molar-refractivity contribution in [2.45, 2.75) is 31.7 Å². The lowest BCUT2D eigenvalue weighted by molar-refractivity contribution is -0.00500. The summed E-state index contributed by atoms with van der Waals surface area (Å²) in [5, 5.41) is 8.33. The van der Waals surface area contributed by atoms with Crippen molar-refractivity contribution in [3.05, 3.63) is 35.5 Å². The lowest BCUT2D eigenvalue weighted by Crippen LogP contribution is -2.57. The lowest BCUT2D eigenvalue weighted by atomic mass is 9.88. The largest absolute Gasteiger partial charge is 0.381 e. The highest BCUT2D eigenvalue weighted by Crippen LogP contribution is 2.25. The molecule has 0 unspecified atom stereocenters. The predicted molar refractivity (Wildman–Crippen MR) is 113 cm³/mol. The number of hydrogen-bond acceptors (Lipinski definition) is 3. The highest BCUT2D eigenvalue weighted by molar-refractivity contribution is 5.86. The van der Waals surface area contributed by atoms with Crippen LogP contribution in [-0.2, 0) is 11.2 Å². The summed E-state index contributed by atoms with van der Waals surface area (Å²) in [6, 6.07) is 6.40. The number of aromatic amines is 1. The Labute approximate surface area is 162 Å². The minimum absolute atomic E-state index is 0.129. The van der Waals surface area contributed by atoms with E-state index >= 15 is 0 Å². The van der Waals surface area contributed by atoms with Crippen LogP contribution in [0.5, 0.6) is 0 Å². The molecule has 3 rings (SSSR count). The Hall–Kier alpha value is -2.05. The molecule has 0 atom stereocenters. The topological polar surface area (TPSA) is 64.7 Å². The maximum Gasteiger partial charge on any atom is 0.191 e. The normalized spacial score (nSPS) is 17.4. The van der Waals surface area contributed by atoms with Gasteiger partial charge in [0.15, 0.2) is 5.96 Å². The molecule has 1 aliphatic rings. The van der Waals surface area contributed by atoms with E-state index in [-0.39, 0.29) is 5.54 Å². The first-order valence-electron chi connectivity index (χ1n) is 9.81. The van der Waals surface area contributed by atoms with Crippen molar-refractivity contribution in [2.75, 3.05) is 47.4 Å². The molecule has 1 aromatic carbocycles. The van der Waals surface area contributed by atoms with E-state index in [1.807, 2.05) is 7.05 Å². The average Bonchev–Trinajstić information content (AvgIpc) is 3.09. The van der Waals surface area contributed by atoms with Crippen molar-refractivity contribution in [1.82, 2.24) is 20.5 Å². The fourth-order valence-corrected chi connectivity index (χ4v) is 3.97. The minimum atomic E-state index is 0.129. The third kappa shape index (κ3) is 4.45. The van der Waals surface area contributed by atoms with Crippen LogP contribution in [0.4, 0.5) is 0 Å². The van der Waals surface area contributed by atoms with Crippen molar-refractivity contribution >= 4 is 16.9 Å².